The molecule has 9 N–H and O–H groups in total. The molecule has 3 rings (SSSR count). The third kappa shape index (κ3) is 55.4. The molecule has 1 aromatic heterocycles. The number of aliphatic hydroxyl groups excluding tert-OH is 6. The van der Waals surface area contributed by atoms with Crippen molar-refractivity contribution in [1.29, 1.82) is 0 Å². The zero-order chi connectivity index (χ0) is 65.0. The second-order valence-corrected chi connectivity index (χ2v) is 22.6. The summed E-state index contributed by atoms with van der Waals surface area (Å²) < 4.78 is 33.3. The van der Waals surface area contributed by atoms with Crippen LogP contribution in [-0.4, -0.2) is 166 Å². The third-order valence-corrected chi connectivity index (χ3v) is 14.5. The maximum Gasteiger partial charge on any atom is 1.00 e. The van der Waals surface area contributed by atoms with Gasteiger partial charge in [-0.05, 0) is 66.1 Å². The van der Waals surface area contributed by atoms with Crippen LogP contribution in [0.5, 0.6) is 0 Å². The summed E-state index contributed by atoms with van der Waals surface area (Å²) >= 11 is 7.09. The summed E-state index contributed by atoms with van der Waals surface area (Å²) in [7, 11) is -5.82. The molecule has 2 fully saturated rings. The zero-order valence-corrected chi connectivity index (χ0v) is 64.3. The molecule has 20 nitrogen and oxygen atoms in total. The Morgan fingerprint density at radius 3 is 1.51 bits per heavy atom. The minimum absolute atomic E-state index is 0. The van der Waals surface area contributed by atoms with Crippen LogP contribution in [0.1, 0.15) is 209 Å². The van der Waals surface area contributed by atoms with Crippen molar-refractivity contribution in [2.24, 2.45) is 0 Å². The van der Waals surface area contributed by atoms with Gasteiger partial charge in [0, 0.05) is 12.6 Å². The largest absolute Gasteiger partial charge is 1.00 e. The number of hydrogen-bond acceptors (Lipinski definition) is 22. The molecule has 0 radical (unpaired) electrons. The summed E-state index contributed by atoms with van der Waals surface area (Å²) in [5.74, 6) is 1.04. The number of ether oxygens (including phenoxy) is 2. The monoisotopic (exact) mass is 1310 g/mol. The topological polar surface area (TPSA) is 329 Å². The maximum absolute atomic E-state index is 12.7. The number of amides is 1. The van der Waals surface area contributed by atoms with Crippen LogP contribution in [0.2, 0.25) is 0 Å². The number of carboxylic acids is 1. The summed E-state index contributed by atoms with van der Waals surface area (Å²) in [5, 5.41) is 75.4. The van der Waals surface area contributed by atoms with Crippen molar-refractivity contribution in [3.8, 4) is 0 Å². The molecular weight excluding hydrogens is 1190 g/mol. The van der Waals surface area contributed by atoms with Crippen LogP contribution in [-0.2, 0) is 32.7 Å². The van der Waals surface area contributed by atoms with Crippen molar-refractivity contribution in [1.82, 2.24) is 14.9 Å². The third-order valence-electron chi connectivity index (χ3n) is 9.68. The number of carbonyl (C=O) groups excluding carboxylic acids is 2. The van der Waals surface area contributed by atoms with Gasteiger partial charge in [0.05, 0.1) is 31.1 Å². The fraction of sp³-hybridized carbons (Fsp3) is 0.893. The van der Waals surface area contributed by atoms with Crippen molar-refractivity contribution in [2.75, 3.05) is 65.5 Å². The molecule has 492 valence electrons. The van der Waals surface area contributed by atoms with Crippen LogP contribution in [0.25, 0.3) is 0 Å². The molecule has 83 heavy (non-hydrogen) atoms. The molecule has 0 aliphatic carbocycles. The number of rotatable bonds is 25. The smallest absolute Gasteiger partial charge is 0.756 e. The van der Waals surface area contributed by atoms with Crippen LogP contribution in [0.4, 0.5) is 5.82 Å². The first-order valence-electron chi connectivity index (χ1n) is 29.6. The molecule has 2 aliphatic rings. The van der Waals surface area contributed by atoms with Gasteiger partial charge in [0.15, 0.2) is 6.23 Å². The van der Waals surface area contributed by atoms with Crippen molar-refractivity contribution in [3.63, 3.8) is 0 Å². The van der Waals surface area contributed by atoms with E-state index in [-0.39, 0.29) is 70.7 Å². The van der Waals surface area contributed by atoms with Crippen molar-refractivity contribution in [3.05, 3.63) is 22.7 Å². The first-order valence-corrected chi connectivity index (χ1v) is 35.9. The Kier molecular flexibility index (Phi) is 95.7. The summed E-state index contributed by atoms with van der Waals surface area (Å²) in [4.78, 5) is 52.6. The predicted molar refractivity (Wildman–Crippen MR) is 343 cm³/mol. The van der Waals surface area contributed by atoms with E-state index in [1.165, 1.54) is 98.4 Å². The molecule has 9 unspecified atom stereocenters. The summed E-state index contributed by atoms with van der Waals surface area (Å²) in [5.41, 5.74) is 4.44. The van der Waals surface area contributed by atoms with Gasteiger partial charge in [-0.2, -0.15) is 52.0 Å². The maximum atomic E-state index is 12.7. The average molecular weight is 1310 g/mol. The van der Waals surface area contributed by atoms with Crippen molar-refractivity contribution in [2.45, 2.75) is 263 Å². The van der Waals surface area contributed by atoms with Gasteiger partial charge in [0.1, 0.15) is 48.4 Å². The number of aromatic nitrogens is 2. The van der Waals surface area contributed by atoms with E-state index in [0.717, 1.165) is 22.5 Å². The van der Waals surface area contributed by atoms with Crippen molar-refractivity contribution < 1.29 is 132 Å². The first-order chi connectivity index (χ1) is 38.5. The number of thioether (sulfide) groups is 4. The number of phosphoric acid groups is 1. The minimum Gasteiger partial charge on any atom is -0.756 e. The first kappa shape index (κ1) is 105. The van der Waals surface area contributed by atoms with Crippen LogP contribution in [0, 0.1) is 0 Å². The van der Waals surface area contributed by atoms with Crippen LogP contribution >= 0.6 is 54.9 Å². The Balaban J connectivity index is -0.000000135. The number of nitrogens with two attached hydrogens (primary N) is 1. The van der Waals surface area contributed by atoms with E-state index >= 15 is 0 Å². The molecule has 27 heteroatoms. The van der Waals surface area contributed by atoms with Crippen LogP contribution in [0.3, 0.4) is 0 Å². The number of nitrogens with one attached hydrogen (secondary N) is 1. The van der Waals surface area contributed by atoms with Gasteiger partial charge in [0.25, 0.3) is 7.82 Å². The van der Waals surface area contributed by atoms with Gasteiger partial charge < -0.3 is 70.5 Å². The van der Waals surface area contributed by atoms with Gasteiger partial charge in [-0.15, -0.1) is 0 Å². The van der Waals surface area contributed by atoms with Gasteiger partial charge >= 0.3 is 64.8 Å². The standard InChI is InChI=1S/C21H33N4O16PS.3C5H12S.3C4H10.4C2H6.2Na/c1-43-7-12(29)24-13-8(27)4-21(19(33)34,40-17(13)14(30)9(28)5-26)41-42(36,37)38-6-10-15(31)16(32)18(39-10)25-3-2-11(22)23-20(25)35;3*1-3-5-6-4-2;3*1-3-4-2;4*1-2;;/h2-3,8-10,13-18,26-28,30-32H,4-7H2,1H3,(H,24,29)(H,33,34)(H,36,37)(H2,22,23,35);3*3-5H2,1-2H3;3*3-4H2,1-2H3;4*1-2H3;;/q;;;;;;;;;;;2*+1/p-2/t8?,9-,10?,13?,14-,15?,16?,17?,18?,21?;;;;;;;;;;;;/m1............/s1. The SMILES string of the molecule is CC.CC.CC.CC.CCCC.CCCC.CCCC.CCCSCC.CCCSCC.CCCSCC.CSCC(=O)NC1C(O)CC(OP(=O)([O-])OCC2OC(n3ccc(N)nc3=O)C(O)C2O)(C(=O)[O-])OC1[C@H](O)[C@H](O)CO.[Na+].[Na+]. The predicted octanol–water partition coefficient (Wildman–Crippen LogP) is 3.08. The van der Waals surface area contributed by atoms with Gasteiger partial charge in [-0.1, -0.05) is 177 Å². The Morgan fingerprint density at radius 1 is 0.783 bits per heavy atom. The number of carboxylic acid groups (broad SMARTS) is 1. The van der Waals surface area contributed by atoms with E-state index in [1.54, 1.807) is 6.26 Å². The summed E-state index contributed by atoms with van der Waals surface area (Å²) in [6.07, 6.45) is -1.71. The molecule has 1 amide bonds. The van der Waals surface area contributed by atoms with E-state index in [9.17, 15) is 59.6 Å². The Hall–Kier alpha value is 0.810. The number of nitrogens with zero attached hydrogens (tertiary/aromatic N) is 2. The molecule has 2 saturated heterocycles. The summed E-state index contributed by atoms with van der Waals surface area (Å²) in [6, 6.07) is -0.431. The van der Waals surface area contributed by atoms with Crippen LogP contribution < -0.4 is 85.9 Å². The second kappa shape index (κ2) is 75.3. The number of nitrogen functional groups attached to an aromatic ring is 1. The Labute approximate surface area is 566 Å². The number of phosphoric ester groups is 1. The number of aliphatic carboxylic acids is 1. The quantitative estimate of drug-likeness (QED) is 0.0396. The fourth-order valence-electron chi connectivity index (χ4n) is 5.29. The van der Waals surface area contributed by atoms with Gasteiger partial charge in [0.2, 0.25) is 11.7 Å². The molecule has 0 spiro atoms. The summed E-state index contributed by atoms with van der Waals surface area (Å²) in [6.45, 7) is 40.1. The number of hydrogen-bond donors (Lipinski definition) is 8. The molecule has 1 aromatic rings. The van der Waals surface area contributed by atoms with Crippen molar-refractivity contribution >= 4 is 72.6 Å². The van der Waals surface area contributed by atoms with E-state index in [4.69, 9.17) is 15.2 Å². The van der Waals surface area contributed by atoms with E-state index in [0.29, 0.717) is 0 Å². The molecule has 0 aromatic carbocycles. The second-order valence-electron chi connectivity index (χ2n) is 16.2. The molecular formula is C56H121N4Na2O16PS4. The van der Waals surface area contributed by atoms with Crippen LogP contribution in [0.15, 0.2) is 17.1 Å². The molecule has 3 heterocycles. The molecule has 0 saturated carbocycles. The van der Waals surface area contributed by atoms with E-state index in [2.05, 4.69) is 102 Å². The van der Waals surface area contributed by atoms with Gasteiger partial charge in [-0.3, -0.25) is 18.5 Å². The fourth-order valence-corrected chi connectivity index (χ4v) is 8.30. The number of anilines is 1. The number of aliphatic hydroxyl groups is 6. The zero-order valence-electron chi connectivity index (χ0n) is 56.1. The van der Waals surface area contributed by atoms with E-state index in [1.807, 2.05) is 90.7 Å². The molecule has 0 bridgehead atoms. The Bertz CT molecular complexity index is 1560. The Morgan fingerprint density at radius 2 is 1.19 bits per heavy atom. The van der Waals surface area contributed by atoms with E-state index < -0.39 is 106 Å². The molecule has 2 aliphatic heterocycles. The average Bonchev–Trinajstić information content (AvgIpc) is 3.76. The minimum atomic E-state index is -5.82. The normalized spacial score (nSPS) is 20.8. The molecule has 11 atom stereocenters. The number of carbonyl (C=O) groups is 2. The number of unbranched alkanes of at least 4 members (excludes halogenated alkanes) is 3. The van der Waals surface area contributed by atoms with Gasteiger partial charge in [-0.25, -0.2) is 4.79 Å².